The van der Waals surface area contributed by atoms with Crippen molar-refractivity contribution in [2.45, 2.75) is 38.0 Å². The molecule has 4 nitrogen and oxygen atoms in total. The number of carbonyl (C=O) groups is 1. The van der Waals surface area contributed by atoms with E-state index in [-0.39, 0.29) is 4.90 Å². The highest BCUT2D eigenvalue weighted by atomic mass is 35.5. The summed E-state index contributed by atoms with van der Waals surface area (Å²) in [7, 11) is -4.11. The van der Waals surface area contributed by atoms with Gasteiger partial charge in [0.2, 0.25) is 0 Å². The van der Waals surface area contributed by atoms with Crippen molar-refractivity contribution in [3.63, 3.8) is 0 Å². The summed E-state index contributed by atoms with van der Waals surface area (Å²) < 4.78 is 27.8. The smallest absolute Gasteiger partial charge is 0.268 e. The number of carbonyl (C=O) groups excluding carboxylic acids is 1. The molecule has 0 saturated carbocycles. The molecule has 0 aliphatic carbocycles. The molecular weight excluding hydrogens is 442 g/mol. The highest BCUT2D eigenvalue weighted by Crippen LogP contribution is 2.26. The van der Waals surface area contributed by atoms with Gasteiger partial charge in [0.25, 0.3) is 15.9 Å². The van der Waals surface area contributed by atoms with E-state index >= 15 is 0 Å². The lowest BCUT2D eigenvalue weighted by molar-refractivity contribution is -0.113. The van der Waals surface area contributed by atoms with Gasteiger partial charge in [-0.3, -0.25) is 4.79 Å². The maximum Gasteiger partial charge on any atom is 0.271 e. The first-order chi connectivity index (χ1) is 15.3. The second kappa shape index (κ2) is 10.6. The van der Waals surface area contributed by atoms with E-state index in [1.54, 1.807) is 54.6 Å². The molecule has 0 aliphatic rings. The van der Waals surface area contributed by atoms with Crippen molar-refractivity contribution in [2.24, 2.45) is 0 Å². The van der Waals surface area contributed by atoms with Crippen molar-refractivity contribution in [3.05, 3.63) is 101 Å². The number of hydrogen-bond donors (Lipinski definition) is 0. The van der Waals surface area contributed by atoms with Crippen LogP contribution in [-0.2, 0) is 21.2 Å². The fourth-order valence-electron chi connectivity index (χ4n) is 3.22. The van der Waals surface area contributed by atoms with Crippen LogP contribution in [0.3, 0.4) is 0 Å². The Morgan fingerprint density at radius 1 is 1.00 bits per heavy atom. The monoisotopic (exact) mass is 467 g/mol. The molecule has 6 heteroatoms. The van der Waals surface area contributed by atoms with Gasteiger partial charge >= 0.3 is 0 Å². The lowest BCUT2D eigenvalue weighted by Crippen LogP contribution is -2.35. The van der Waals surface area contributed by atoms with Crippen molar-refractivity contribution in [2.75, 3.05) is 4.31 Å². The highest BCUT2D eigenvalue weighted by Gasteiger charge is 2.29. The number of aryl methyl sites for hydroxylation is 2. The van der Waals surface area contributed by atoms with Gasteiger partial charge in [-0.05, 0) is 73.4 Å². The van der Waals surface area contributed by atoms with Crippen molar-refractivity contribution >= 4 is 39.3 Å². The second-order valence-corrected chi connectivity index (χ2v) is 9.80. The van der Waals surface area contributed by atoms with Gasteiger partial charge in [-0.1, -0.05) is 66.9 Å². The van der Waals surface area contributed by atoms with Gasteiger partial charge in [0.1, 0.15) is 0 Å². The summed E-state index contributed by atoms with van der Waals surface area (Å²) in [5, 5.41) is 0.534. The molecule has 0 aromatic heterocycles. The third kappa shape index (κ3) is 5.87. The normalized spacial score (nSPS) is 11.6. The summed E-state index contributed by atoms with van der Waals surface area (Å²) in [6.45, 7) is 4.00. The largest absolute Gasteiger partial charge is 0.271 e. The van der Waals surface area contributed by atoms with E-state index in [0.717, 1.165) is 34.7 Å². The van der Waals surface area contributed by atoms with Gasteiger partial charge in [-0.15, -0.1) is 0 Å². The first-order valence-corrected chi connectivity index (χ1v) is 12.3. The van der Waals surface area contributed by atoms with Crippen LogP contribution in [0.4, 0.5) is 5.69 Å². The van der Waals surface area contributed by atoms with Crippen molar-refractivity contribution in [1.29, 1.82) is 0 Å². The number of sulfonamides is 1. The zero-order chi connectivity index (χ0) is 23.1. The Balaban J connectivity index is 2.00. The Labute approximate surface area is 195 Å². The second-order valence-electron chi connectivity index (χ2n) is 7.58. The number of benzene rings is 3. The maximum absolute atomic E-state index is 13.5. The fraction of sp³-hybridized carbons (Fsp3) is 0.192. The number of unbranched alkanes of at least 4 members (excludes halogenated alkanes) is 1. The van der Waals surface area contributed by atoms with Gasteiger partial charge in [-0.2, -0.15) is 4.31 Å². The van der Waals surface area contributed by atoms with Crippen molar-refractivity contribution in [1.82, 2.24) is 0 Å². The van der Waals surface area contributed by atoms with E-state index in [4.69, 9.17) is 11.6 Å². The summed E-state index contributed by atoms with van der Waals surface area (Å²) in [5.74, 6) is -0.660. The first kappa shape index (κ1) is 23.8. The van der Waals surface area contributed by atoms with Crippen LogP contribution in [0.2, 0.25) is 5.02 Å². The molecule has 0 spiro atoms. The average Bonchev–Trinajstić information content (AvgIpc) is 2.77. The van der Waals surface area contributed by atoms with Crippen molar-refractivity contribution in [3.8, 4) is 0 Å². The quantitative estimate of drug-likeness (QED) is 0.359. The van der Waals surface area contributed by atoms with Crippen LogP contribution in [0.5, 0.6) is 0 Å². The minimum Gasteiger partial charge on any atom is -0.268 e. The van der Waals surface area contributed by atoms with Crippen LogP contribution in [-0.4, -0.2) is 14.3 Å². The van der Waals surface area contributed by atoms with Gasteiger partial charge in [0, 0.05) is 11.1 Å². The van der Waals surface area contributed by atoms with E-state index in [9.17, 15) is 13.2 Å². The van der Waals surface area contributed by atoms with E-state index < -0.39 is 15.9 Å². The first-order valence-electron chi connectivity index (χ1n) is 10.5. The molecule has 3 rings (SSSR count). The summed E-state index contributed by atoms with van der Waals surface area (Å²) in [6.07, 6.45) is 5.84. The molecule has 0 atom stereocenters. The zero-order valence-electron chi connectivity index (χ0n) is 18.2. The number of amides is 1. The Hall–Kier alpha value is -2.89. The third-order valence-corrected chi connectivity index (χ3v) is 6.99. The zero-order valence-corrected chi connectivity index (χ0v) is 19.7. The maximum atomic E-state index is 13.5. The van der Waals surface area contributed by atoms with Crippen LogP contribution < -0.4 is 4.31 Å². The van der Waals surface area contributed by atoms with Gasteiger partial charge in [-0.25, -0.2) is 8.42 Å². The molecule has 0 unspecified atom stereocenters. The average molecular weight is 468 g/mol. The van der Waals surface area contributed by atoms with E-state index in [1.807, 2.05) is 19.1 Å². The molecule has 0 saturated heterocycles. The fourth-order valence-corrected chi connectivity index (χ4v) is 4.81. The molecule has 0 radical (unpaired) electrons. The molecule has 0 heterocycles. The SMILES string of the molecule is CCCCc1ccc(N(C(=O)/C=C/c2cccc(Cl)c2)S(=O)(=O)c2ccc(C)cc2)cc1. The number of nitrogens with zero attached hydrogens (tertiary/aromatic N) is 1. The van der Waals surface area contributed by atoms with E-state index in [2.05, 4.69) is 6.92 Å². The topological polar surface area (TPSA) is 54.5 Å². The van der Waals surface area contributed by atoms with Gasteiger partial charge in [0.15, 0.2) is 0 Å². The van der Waals surface area contributed by atoms with Crippen LogP contribution in [0.25, 0.3) is 6.08 Å². The summed E-state index contributed by atoms with van der Waals surface area (Å²) in [5.41, 5.74) is 3.04. The van der Waals surface area contributed by atoms with E-state index in [0.29, 0.717) is 16.3 Å². The molecule has 0 fully saturated rings. The predicted molar refractivity (Wildman–Crippen MR) is 131 cm³/mol. The van der Waals surface area contributed by atoms with Crippen LogP contribution in [0, 0.1) is 6.92 Å². The molecule has 166 valence electrons. The molecule has 0 bridgehead atoms. The predicted octanol–water partition coefficient (Wildman–Crippen LogP) is 6.43. The lowest BCUT2D eigenvalue weighted by atomic mass is 10.1. The molecule has 3 aromatic carbocycles. The summed E-state index contributed by atoms with van der Waals surface area (Å²) in [6, 6.07) is 20.6. The number of halogens is 1. The van der Waals surface area contributed by atoms with Crippen LogP contribution >= 0.6 is 11.6 Å². The molecule has 32 heavy (non-hydrogen) atoms. The number of rotatable bonds is 8. The molecule has 0 N–H and O–H groups in total. The highest BCUT2D eigenvalue weighted by molar-refractivity contribution is 7.93. The van der Waals surface area contributed by atoms with Crippen LogP contribution in [0.1, 0.15) is 36.5 Å². The van der Waals surface area contributed by atoms with Crippen molar-refractivity contribution < 1.29 is 13.2 Å². The summed E-state index contributed by atoms with van der Waals surface area (Å²) >= 11 is 6.01. The lowest BCUT2D eigenvalue weighted by Gasteiger charge is -2.22. The Kier molecular flexibility index (Phi) is 7.89. The molecule has 0 aliphatic heterocycles. The third-order valence-electron chi connectivity index (χ3n) is 5.02. The Morgan fingerprint density at radius 3 is 2.31 bits per heavy atom. The van der Waals surface area contributed by atoms with Gasteiger partial charge < -0.3 is 0 Å². The number of anilines is 1. The molecule has 1 amide bonds. The minimum absolute atomic E-state index is 0.0580. The molecule has 3 aromatic rings. The number of hydrogen-bond acceptors (Lipinski definition) is 3. The standard InChI is InChI=1S/C26H26ClNO3S/c1-3-4-6-21-11-14-24(15-12-21)28(32(30,31)25-16-9-20(2)10-17-25)26(29)18-13-22-7-5-8-23(27)19-22/h5,7-19H,3-4,6H2,1-2H3/b18-13+. The Bertz CT molecular complexity index is 1200. The van der Waals surface area contributed by atoms with Gasteiger partial charge in [0.05, 0.1) is 10.6 Å². The summed E-state index contributed by atoms with van der Waals surface area (Å²) in [4.78, 5) is 13.2. The van der Waals surface area contributed by atoms with Crippen LogP contribution in [0.15, 0.2) is 83.8 Å². The molecular formula is C26H26ClNO3S. The Morgan fingerprint density at radius 2 is 1.69 bits per heavy atom. The minimum atomic E-state index is -4.11. The van der Waals surface area contributed by atoms with E-state index in [1.165, 1.54) is 18.2 Å².